The third-order valence-electron chi connectivity index (χ3n) is 7.05. The van der Waals surface area contributed by atoms with Gasteiger partial charge in [0, 0.05) is 42.9 Å². The second-order valence-electron chi connectivity index (χ2n) is 13.9. The Morgan fingerprint density at radius 3 is 0.593 bits per heavy atom. The number of thiol groups is 3. The molecule has 0 aliphatic heterocycles. The van der Waals surface area contributed by atoms with E-state index in [2.05, 4.69) is 37.9 Å². The van der Waals surface area contributed by atoms with Crippen LogP contribution < -0.4 is 63.1 Å². The summed E-state index contributed by atoms with van der Waals surface area (Å²) in [5, 5.41) is 106. The molecule has 0 saturated carbocycles. The molecule has 483 valence electrons. The summed E-state index contributed by atoms with van der Waals surface area (Å²) in [6, 6.07) is -10.1. The lowest BCUT2D eigenvalue weighted by Crippen LogP contribution is -2.36. The summed E-state index contributed by atoms with van der Waals surface area (Å²) in [6.07, 6.45) is 1.05. The molecule has 0 spiro atoms. The van der Waals surface area contributed by atoms with Gasteiger partial charge in [0.25, 0.3) is 0 Å². The van der Waals surface area contributed by atoms with Gasteiger partial charge in [0.2, 0.25) is 0 Å². The van der Waals surface area contributed by atoms with Crippen molar-refractivity contribution in [1.82, 2.24) is 0 Å². The van der Waals surface area contributed by atoms with Gasteiger partial charge in [0.05, 0.1) is 13.2 Å². The van der Waals surface area contributed by atoms with E-state index in [-0.39, 0.29) is 60.0 Å². The lowest BCUT2D eigenvalue weighted by Gasteiger charge is -2.07. The van der Waals surface area contributed by atoms with E-state index < -0.39 is 145 Å². The van der Waals surface area contributed by atoms with Gasteiger partial charge in [-0.05, 0) is 36.5 Å². The molecule has 0 aromatic heterocycles. The fourth-order valence-corrected chi connectivity index (χ4v) is 5.76. The van der Waals surface area contributed by atoms with Crippen molar-refractivity contribution in [3.63, 3.8) is 0 Å². The zero-order valence-corrected chi connectivity index (χ0v) is 48.2. The number of aliphatic carboxylic acids is 11. The van der Waals surface area contributed by atoms with Crippen LogP contribution in [0.15, 0.2) is 0 Å². The number of carboxylic acid groups (broad SMARTS) is 11. The number of hydrogen-bond donors (Lipinski definition) is 27. The zero-order chi connectivity index (χ0) is 62.7. The van der Waals surface area contributed by atoms with Crippen molar-refractivity contribution in [3.05, 3.63) is 6.15 Å². The summed E-state index contributed by atoms with van der Waals surface area (Å²) in [4.78, 5) is 110. The van der Waals surface area contributed by atoms with Gasteiger partial charge in [-0.1, -0.05) is 0 Å². The number of carboxylic acids is 11. The van der Waals surface area contributed by atoms with Gasteiger partial charge < -0.3 is 147 Å². The molecule has 0 aromatic rings. The average molecular weight is 1300 g/mol. The Kier molecular flexibility index (Phi) is 88.4. The normalized spacial score (nSPS) is 13.4. The second-order valence-corrected chi connectivity index (χ2v) is 18.5. The first-order valence-electron chi connectivity index (χ1n) is 20.9. The van der Waals surface area contributed by atoms with Crippen LogP contribution in [0.4, 0.5) is 0 Å². The molecule has 0 fully saturated rings. The molecule has 0 aliphatic carbocycles. The van der Waals surface area contributed by atoms with Crippen LogP contribution >= 0.6 is 73.2 Å². The topological polar surface area (TPSA) is 830 Å². The van der Waals surface area contributed by atoms with Gasteiger partial charge in [0.1, 0.15) is 66.5 Å². The van der Waals surface area contributed by atoms with Crippen LogP contribution in [0.25, 0.3) is 6.15 Å². The van der Waals surface area contributed by atoms with Crippen molar-refractivity contribution in [2.75, 3.05) is 65.0 Å². The van der Waals surface area contributed by atoms with Crippen molar-refractivity contribution < 1.29 is 130 Å². The Hall–Kier alpha value is -4.31. The van der Waals surface area contributed by atoms with Gasteiger partial charge in [0.15, 0.2) is 0 Å². The molecule has 0 rings (SSSR count). The summed E-state index contributed by atoms with van der Waals surface area (Å²) in [6.45, 7) is -1.01. The number of aliphatic hydroxyl groups is 2. The van der Waals surface area contributed by atoms with Gasteiger partial charge in [-0.15, -0.1) is 0 Å². The van der Waals surface area contributed by atoms with Crippen molar-refractivity contribution in [1.29, 1.82) is 0 Å². The summed E-state index contributed by atoms with van der Waals surface area (Å²) >= 11 is 14.8. The maximum Gasteiger partial charge on any atom is 0.322 e. The lowest BCUT2D eigenvalue weighted by molar-refractivity contribution is -0.140. The minimum atomic E-state index is -1.18. The number of rotatable bonds is 31. The van der Waals surface area contributed by atoms with E-state index in [9.17, 15) is 52.7 Å². The highest BCUT2D eigenvalue weighted by Crippen LogP contribution is 2.07. The van der Waals surface area contributed by atoms with Crippen molar-refractivity contribution in [2.24, 2.45) is 63.1 Å². The van der Waals surface area contributed by atoms with Crippen LogP contribution in [0.1, 0.15) is 19.3 Å². The maximum absolute atomic E-state index is 10.3. The second kappa shape index (κ2) is 68.2. The van der Waals surface area contributed by atoms with E-state index in [4.69, 9.17) is 129 Å². The van der Waals surface area contributed by atoms with E-state index in [1.165, 1.54) is 23.5 Å². The van der Waals surface area contributed by atoms with Crippen molar-refractivity contribution >= 4 is 147 Å². The molecule has 11 atom stereocenters. The molecule has 81 heavy (non-hydrogen) atoms. The molecule has 3 radical (unpaired) electrons. The number of carbonyl (C=O) groups is 11. The summed E-state index contributed by atoms with van der Waals surface area (Å²) < 4.78 is 0. The smallest absolute Gasteiger partial charge is 0.322 e. The third-order valence-corrected chi connectivity index (χ3v) is 11.5. The van der Waals surface area contributed by atoms with E-state index in [1.807, 2.05) is 0 Å². The number of nitrogens with two attached hydrogens (primary N) is 12. The first kappa shape index (κ1) is 105. The largest absolute Gasteiger partial charge is 0.870 e. The van der Waals surface area contributed by atoms with Gasteiger partial charge >= 0.3 is 65.7 Å². The SMILES string of the molecule is NC(CCS)C(=O)O.NC(CCSCC(N)C(=O)O)C(=O)O.NC(CCSCC(N)C(=O)O)C(=O)O.NC(CO)C(=O)O.NC(CO)C(=O)O.NC(CS)C(=O)O.NC(CS)C(=O)O.NC(CSCC(N)C(=O)O)C(=O)O.[B].[NH2-].[OH-].[OH-]. The molecule has 0 bridgehead atoms. The number of thioether (sulfide) groups is 3. The van der Waals surface area contributed by atoms with Gasteiger partial charge in [-0.2, -0.15) is 73.2 Å². The Labute approximate surface area is 495 Å². The highest BCUT2D eigenvalue weighted by atomic mass is 32.2. The zero-order valence-electron chi connectivity index (χ0n) is 43.0. The predicted molar refractivity (Wildman–Crippen MR) is 308 cm³/mol. The number of aliphatic hydroxyl groups excluding tert-OH is 2. The summed E-state index contributed by atoms with van der Waals surface area (Å²) in [5.74, 6) is -8.99. The van der Waals surface area contributed by atoms with E-state index >= 15 is 0 Å². The Bertz CT molecular complexity index is 1510. The predicted octanol–water partition coefficient (Wildman–Crippen LogP) is -8.45. The highest BCUT2D eigenvalue weighted by Gasteiger charge is 2.17. The Balaban J connectivity index is -0.0000000679. The van der Waals surface area contributed by atoms with Crippen LogP contribution in [0.3, 0.4) is 0 Å². The lowest BCUT2D eigenvalue weighted by atomic mass is 10.2. The van der Waals surface area contributed by atoms with E-state index in [0.29, 0.717) is 36.5 Å². The number of hydrogen-bond acceptors (Lipinski definition) is 32. The molecule has 0 heterocycles. The van der Waals surface area contributed by atoms with Crippen LogP contribution in [0.5, 0.6) is 0 Å². The van der Waals surface area contributed by atoms with Crippen molar-refractivity contribution in [3.8, 4) is 0 Å². The quantitative estimate of drug-likeness (QED) is 0.0174. The molecule has 0 saturated heterocycles. The Morgan fingerprint density at radius 2 is 0.481 bits per heavy atom. The fourth-order valence-electron chi connectivity index (χ4n) is 2.27. The highest BCUT2D eigenvalue weighted by molar-refractivity contribution is 7.99. The minimum Gasteiger partial charge on any atom is -0.870 e. The molecule has 45 heteroatoms. The monoisotopic (exact) mass is 1300 g/mol. The molecule has 38 nitrogen and oxygen atoms in total. The molecular formula is C36H81BN12O26S6-3. The van der Waals surface area contributed by atoms with Crippen LogP contribution in [0, 0.1) is 0 Å². The minimum absolute atomic E-state index is 0. The summed E-state index contributed by atoms with van der Waals surface area (Å²) in [7, 11) is 0. The fraction of sp³-hybridized carbons (Fsp3) is 0.694. The average Bonchev–Trinajstić information content (AvgIpc) is 3.35. The van der Waals surface area contributed by atoms with Crippen molar-refractivity contribution in [2.45, 2.75) is 85.7 Å². The molecular weight excluding hydrogens is 1220 g/mol. The summed E-state index contributed by atoms with van der Waals surface area (Å²) in [5.41, 5.74) is 55.7. The van der Waals surface area contributed by atoms with E-state index in [1.54, 1.807) is 0 Å². The standard InChI is InChI=1S/2C7H14N2O4S.C6H12N2O4S.C4H9NO2S.2C3H7NO3.2C3H7NO2S.B.H2N.2H2O/c2*8-4(6(10)11)1-2-14-3-5(9)7(12)13;7-3(5(9)10)1-13-2-4(8)6(11)12;5-3(1-2-8)4(6)7;2*4-2(1-5)3(6)7;2*4-2(1-7)3(5)6;;;;/h2*4-5H,1-3,8-9H2,(H,10,11)(H,12,13);3-4H,1-2,7-8H2,(H,9,10)(H,11,12);3,8H,1-2,5H2,(H,6,7);2*2,5H,1,4H2,(H,6,7);2*2,7H,1,4H2,(H,5,6);;3*1H2/q;;;;;;;;;-1;;/p-2. The maximum atomic E-state index is 10.3. The van der Waals surface area contributed by atoms with Crippen LogP contribution in [-0.4, -0.2) is 283 Å². The first-order chi connectivity index (χ1) is 35.2. The van der Waals surface area contributed by atoms with Gasteiger partial charge in [-0.3, -0.25) is 52.7 Å². The Morgan fingerprint density at radius 1 is 0.309 bits per heavy atom. The molecule has 11 unspecified atom stereocenters. The third kappa shape index (κ3) is 82.3. The molecule has 0 aliphatic rings. The van der Waals surface area contributed by atoms with Crippen LogP contribution in [-0.2, 0) is 52.7 Å². The molecule has 39 N–H and O–H groups in total. The van der Waals surface area contributed by atoms with Gasteiger partial charge in [-0.25, -0.2) is 0 Å². The van der Waals surface area contributed by atoms with E-state index in [0.717, 1.165) is 11.8 Å². The molecule has 0 amide bonds. The molecule has 0 aromatic carbocycles. The first-order valence-corrected chi connectivity index (χ1v) is 26.2. The van der Waals surface area contributed by atoms with Crippen LogP contribution in [0.2, 0.25) is 0 Å².